The van der Waals surface area contributed by atoms with Gasteiger partial charge in [0, 0.05) is 24.3 Å². The molecule has 24 heavy (non-hydrogen) atoms. The summed E-state index contributed by atoms with van der Waals surface area (Å²) in [7, 11) is 0. The Bertz CT molecular complexity index is 679. The summed E-state index contributed by atoms with van der Waals surface area (Å²) in [5.41, 5.74) is 8.99. The first-order valence-corrected chi connectivity index (χ1v) is 8.06. The third-order valence-corrected chi connectivity index (χ3v) is 3.55. The molecule has 0 aliphatic rings. The number of amides is 2. The van der Waals surface area contributed by atoms with Gasteiger partial charge in [-0.25, -0.2) is 0 Å². The van der Waals surface area contributed by atoms with Crippen molar-refractivity contribution < 1.29 is 9.59 Å². The topological polar surface area (TPSA) is 84.2 Å². The molecule has 4 N–H and O–H groups in total. The second kappa shape index (κ2) is 8.72. The van der Waals surface area contributed by atoms with Crippen molar-refractivity contribution in [1.82, 2.24) is 5.32 Å². The van der Waals surface area contributed by atoms with Crippen LogP contribution in [0.1, 0.15) is 30.9 Å². The maximum absolute atomic E-state index is 12.0. The van der Waals surface area contributed by atoms with Gasteiger partial charge >= 0.3 is 0 Å². The number of carbonyl (C=O) groups is 2. The van der Waals surface area contributed by atoms with E-state index in [4.69, 9.17) is 5.73 Å². The Morgan fingerprint density at radius 3 is 2.17 bits per heavy atom. The number of nitrogen functional groups attached to an aromatic ring is 1. The van der Waals surface area contributed by atoms with Crippen molar-refractivity contribution in [2.45, 2.75) is 32.7 Å². The van der Waals surface area contributed by atoms with Crippen LogP contribution in [0.3, 0.4) is 0 Å². The van der Waals surface area contributed by atoms with E-state index in [9.17, 15) is 9.59 Å². The zero-order valence-corrected chi connectivity index (χ0v) is 13.8. The fraction of sp³-hybridized carbons (Fsp3) is 0.263. The Morgan fingerprint density at radius 2 is 1.54 bits per heavy atom. The normalized spacial score (nSPS) is 10.2. The smallest absolute Gasteiger partial charge is 0.224 e. The zero-order valence-electron chi connectivity index (χ0n) is 13.8. The average molecular weight is 325 g/mol. The van der Waals surface area contributed by atoms with Crippen LogP contribution in [0.2, 0.25) is 0 Å². The van der Waals surface area contributed by atoms with Crippen LogP contribution in [0.25, 0.3) is 0 Å². The van der Waals surface area contributed by atoms with Crippen LogP contribution < -0.4 is 16.4 Å². The van der Waals surface area contributed by atoms with Gasteiger partial charge in [-0.3, -0.25) is 9.59 Å². The van der Waals surface area contributed by atoms with Crippen LogP contribution >= 0.6 is 0 Å². The first-order chi connectivity index (χ1) is 11.6. The number of rotatable bonds is 7. The lowest BCUT2D eigenvalue weighted by Crippen LogP contribution is -2.24. The Hall–Kier alpha value is -2.82. The largest absolute Gasteiger partial charge is 0.399 e. The highest BCUT2D eigenvalue weighted by atomic mass is 16.2. The van der Waals surface area contributed by atoms with Crippen molar-refractivity contribution in [3.63, 3.8) is 0 Å². The summed E-state index contributed by atoms with van der Waals surface area (Å²) in [6, 6.07) is 14.7. The molecular formula is C19H23N3O2. The van der Waals surface area contributed by atoms with E-state index in [1.165, 1.54) is 0 Å². The molecule has 2 amide bonds. The number of nitrogens with two attached hydrogens (primary N) is 1. The summed E-state index contributed by atoms with van der Waals surface area (Å²) in [5.74, 6) is -0.0258. The molecule has 2 rings (SSSR count). The van der Waals surface area contributed by atoms with E-state index in [0.29, 0.717) is 25.1 Å². The molecule has 0 saturated heterocycles. The van der Waals surface area contributed by atoms with Crippen LogP contribution in [-0.4, -0.2) is 11.8 Å². The minimum Gasteiger partial charge on any atom is -0.399 e. The highest BCUT2D eigenvalue weighted by Crippen LogP contribution is 2.10. The lowest BCUT2D eigenvalue weighted by molar-refractivity contribution is -0.120. The quantitative estimate of drug-likeness (QED) is 0.684. The standard InChI is InChI=1S/C19H23N3O2/c1-2-3-18(23)22-17-10-6-15(7-11-17)13-21-19(24)12-14-4-8-16(20)9-5-14/h4-11H,2-3,12-13,20H2,1H3,(H,21,24)(H,22,23). The molecule has 0 unspecified atom stereocenters. The van der Waals surface area contributed by atoms with Crippen LogP contribution in [-0.2, 0) is 22.6 Å². The van der Waals surface area contributed by atoms with Crippen molar-refractivity contribution in [3.05, 3.63) is 59.7 Å². The van der Waals surface area contributed by atoms with E-state index >= 15 is 0 Å². The van der Waals surface area contributed by atoms with Crippen molar-refractivity contribution in [2.24, 2.45) is 0 Å². The van der Waals surface area contributed by atoms with Crippen molar-refractivity contribution >= 4 is 23.2 Å². The minimum absolute atomic E-state index is 0.0158. The molecule has 0 atom stereocenters. The maximum Gasteiger partial charge on any atom is 0.224 e. The predicted molar refractivity (Wildman–Crippen MR) is 96.4 cm³/mol. The van der Waals surface area contributed by atoms with Crippen molar-refractivity contribution in [2.75, 3.05) is 11.1 Å². The molecule has 0 aliphatic carbocycles. The molecule has 5 heteroatoms. The predicted octanol–water partition coefficient (Wildman–Crippen LogP) is 2.87. The molecule has 0 fully saturated rings. The van der Waals surface area contributed by atoms with Gasteiger partial charge in [0.05, 0.1) is 6.42 Å². The van der Waals surface area contributed by atoms with E-state index in [1.807, 2.05) is 43.3 Å². The van der Waals surface area contributed by atoms with Gasteiger partial charge in [0.2, 0.25) is 11.8 Å². The number of hydrogen-bond donors (Lipinski definition) is 3. The molecule has 0 bridgehead atoms. The Morgan fingerprint density at radius 1 is 0.917 bits per heavy atom. The summed E-state index contributed by atoms with van der Waals surface area (Å²) in [6.45, 7) is 2.42. The molecular weight excluding hydrogens is 302 g/mol. The molecule has 0 aromatic heterocycles. The Labute approximate surface area is 142 Å². The first-order valence-electron chi connectivity index (χ1n) is 8.06. The second-order valence-corrected chi connectivity index (χ2v) is 5.69. The number of benzene rings is 2. The molecule has 2 aromatic carbocycles. The van der Waals surface area contributed by atoms with E-state index in [2.05, 4.69) is 10.6 Å². The fourth-order valence-corrected chi connectivity index (χ4v) is 2.24. The summed E-state index contributed by atoms with van der Waals surface area (Å²) < 4.78 is 0. The molecule has 2 aromatic rings. The third kappa shape index (κ3) is 5.76. The molecule has 126 valence electrons. The zero-order chi connectivity index (χ0) is 17.4. The molecule has 0 radical (unpaired) electrons. The van der Waals surface area contributed by atoms with Gasteiger partial charge in [-0.15, -0.1) is 0 Å². The second-order valence-electron chi connectivity index (χ2n) is 5.69. The monoisotopic (exact) mass is 325 g/mol. The van der Waals surface area contributed by atoms with E-state index in [1.54, 1.807) is 12.1 Å². The van der Waals surface area contributed by atoms with Gasteiger partial charge in [-0.05, 0) is 41.8 Å². The van der Waals surface area contributed by atoms with Gasteiger partial charge in [0.1, 0.15) is 0 Å². The molecule has 0 spiro atoms. The molecule has 0 aliphatic heterocycles. The van der Waals surface area contributed by atoms with Crippen LogP contribution in [0, 0.1) is 0 Å². The molecule has 0 saturated carbocycles. The van der Waals surface area contributed by atoms with Crippen LogP contribution in [0.4, 0.5) is 11.4 Å². The molecule has 0 heterocycles. The maximum atomic E-state index is 12.0. The number of anilines is 2. The summed E-state index contributed by atoms with van der Waals surface area (Å²) in [5, 5.41) is 5.72. The SMILES string of the molecule is CCCC(=O)Nc1ccc(CNC(=O)Cc2ccc(N)cc2)cc1. The highest BCUT2D eigenvalue weighted by molar-refractivity contribution is 5.90. The number of hydrogen-bond acceptors (Lipinski definition) is 3. The first kappa shape index (κ1) is 17.5. The Balaban J connectivity index is 1.80. The number of carbonyl (C=O) groups excluding carboxylic acids is 2. The third-order valence-electron chi connectivity index (χ3n) is 3.55. The highest BCUT2D eigenvalue weighted by Gasteiger charge is 2.04. The van der Waals surface area contributed by atoms with Crippen LogP contribution in [0.15, 0.2) is 48.5 Å². The average Bonchev–Trinajstić information content (AvgIpc) is 2.56. The fourth-order valence-electron chi connectivity index (χ4n) is 2.24. The van der Waals surface area contributed by atoms with Gasteiger partial charge in [-0.2, -0.15) is 0 Å². The molecule has 5 nitrogen and oxygen atoms in total. The van der Waals surface area contributed by atoms with Crippen LogP contribution in [0.5, 0.6) is 0 Å². The van der Waals surface area contributed by atoms with Crippen molar-refractivity contribution in [3.8, 4) is 0 Å². The van der Waals surface area contributed by atoms with E-state index in [-0.39, 0.29) is 11.8 Å². The van der Waals surface area contributed by atoms with Crippen molar-refractivity contribution in [1.29, 1.82) is 0 Å². The summed E-state index contributed by atoms with van der Waals surface area (Å²) >= 11 is 0. The minimum atomic E-state index is -0.0416. The lowest BCUT2D eigenvalue weighted by atomic mass is 10.1. The summed E-state index contributed by atoms with van der Waals surface area (Å²) in [6.07, 6.45) is 1.67. The van der Waals surface area contributed by atoms with E-state index in [0.717, 1.165) is 23.2 Å². The van der Waals surface area contributed by atoms with Gasteiger partial charge in [0.15, 0.2) is 0 Å². The van der Waals surface area contributed by atoms with Gasteiger partial charge in [-0.1, -0.05) is 31.2 Å². The van der Waals surface area contributed by atoms with Gasteiger partial charge < -0.3 is 16.4 Å². The lowest BCUT2D eigenvalue weighted by Gasteiger charge is -2.08. The van der Waals surface area contributed by atoms with Gasteiger partial charge in [0.25, 0.3) is 0 Å². The summed E-state index contributed by atoms with van der Waals surface area (Å²) in [4.78, 5) is 23.5. The number of nitrogens with one attached hydrogen (secondary N) is 2. The van der Waals surface area contributed by atoms with E-state index < -0.39 is 0 Å². The Kier molecular flexibility index (Phi) is 6.37.